The molecule has 5 heteroatoms. The Morgan fingerprint density at radius 3 is 2.71 bits per heavy atom. The molecule has 0 aliphatic rings. The van der Waals surface area contributed by atoms with Gasteiger partial charge in [0.15, 0.2) is 0 Å². The maximum atomic E-state index is 10.9. The van der Waals surface area contributed by atoms with Crippen LogP contribution >= 0.6 is 0 Å². The maximum absolute atomic E-state index is 10.9. The van der Waals surface area contributed by atoms with Gasteiger partial charge in [0.25, 0.3) is 0 Å². The van der Waals surface area contributed by atoms with E-state index in [9.17, 15) is 4.79 Å². The summed E-state index contributed by atoms with van der Waals surface area (Å²) in [6.45, 7) is 0. The second kappa shape index (κ2) is 4.29. The minimum Gasteiger partial charge on any atom is -0.496 e. The van der Waals surface area contributed by atoms with Crippen LogP contribution < -0.4 is 4.74 Å². The molecule has 2 rings (SSSR count). The Kier molecular flexibility index (Phi) is 2.82. The molecule has 1 heterocycles. The maximum Gasteiger partial charge on any atom is 0.335 e. The minimum absolute atomic E-state index is 0.214. The van der Waals surface area contributed by atoms with Gasteiger partial charge >= 0.3 is 5.97 Å². The summed E-state index contributed by atoms with van der Waals surface area (Å²) >= 11 is 0. The van der Waals surface area contributed by atoms with Crippen LogP contribution in [0.4, 0.5) is 0 Å². The summed E-state index contributed by atoms with van der Waals surface area (Å²) in [5.74, 6) is -0.362. The van der Waals surface area contributed by atoms with E-state index in [0.717, 1.165) is 0 Å². The van der Waals surface area contributed by atoms with Crippen molar-refractivity contribution in [2.75, 3.05) is 7.11 Å². The lowest BCUT2D eigenvalue weighted by Crippen LogP contribution is -1.98. The molecule has 0 saturated heterocycles. The molecule has 0 aliphatic heterocycles. The Bertz CT molecular complexity index is 561. The number of benzene rings is 1. The highest BCUT2D eigenvalue weighted by Crippen LogP contribution is 2.29. The highest BCUT2D eigenvalue weighted by Gasteiger charge is 2.12. The highest BCUT2D eigenvalue weighted by molar-refractivity contribution is 5.90. The van der Waals surface area contributed by atoms with E-state index in [0.29, 0.717) is 17.0 Å². The molecule has 1 aromatic heterocycles. The molecule has 5 nitrogen and oxygen atoms in total. The number of aromatic carboxylic acids is 1. The molecule has 0 unspecified atom stereocenters. The molecule has 2 aromatic rings. The summed E-state index contributed by atoms with van der Waals surface area (Å²) in [5, 5.41) is 13.2. The third-order valence-corrected chi connectivity index (χ3v) is 2.44. The lowest BCUT2D eigenvalue weighted by Gasteiger charge is -2.07. The smallest absolute Gasteiger partial charge is 0.335 e. The van der Waals surface area contributed by atoms with Crippen LogP contribution in [0.25, 0.3) is 11.3 Å². The monoisotopic (exact) mass is 232 g/mol. The van der Waals surface area contributed by atoms with Crippen molar-refractivity contribution >= 4 is 5.97 Å². The number of aromatic nitrogens is 2. The summed E-state index contributed by atoms with van der Waals surface area (Å²) < 4.78 is 6.86. The Hall–Kier alpha value is -2.30. The van der Waals surface area contributed by atoms with Gasteiger partial charge in [-0.25, -0.2) is 4.79 Å². The molecule has 0 radical (unpaired) electrons. The number of carbonyl (C=O) groups is 1. The zero-order valence-electron chi connectivity index (χ0n) is 9.54. The predicted octanol–water partition coefficient (Wildman–Crippen LogP) is 1.79. The topological polar surface area (TPSA) is 64.3 Å². The van der Waals surface area contributed by atoms with E-state index < -0.39 is 5.97 Å². The van der Waals surface area contributed by atoms with Crippen molar-refractivity contribution in [2.24, 2.45) is 7.05 Å². The molecule has 1 aromatic carbocycles. The zero-order chi connectivity index (χ0) is 12.4. The van der Waals surface area contributed by atoms with Gasteiger partial charge in [0.05, 0.1) is 18.4 Å². The summed E-state index contributed by atoms with van der Waals surface area (Å²) in [5.41, 5.74) is 1.58. The third kappa shape index (κ3) is 2.13. The van der Waals surface area contributed by atoms with Crippen LogP contribution in [0, 0.1) is 0 Å². The molecular formula is C12H12N2O3. The minimum atomic E-state index is -0.968. The van der Waals surface area contributed by atoms with Crippen LogP contribution in [-0.4, -0.2) is 28.0 Å². The predicted molar refractivity (Wildman–Crippen MR) is 62.2 cm³/mol. The van der Waals surface area contributed by atoms with Crippen LogP contribution in [0.1, 0.15) is 10.4 Å². The number of rotatable bonds is 3. The normalized spacial score (nSPS) is 10.2. The first-order valence-electron chi connectivity index (χ1n) is 5.03. The summed E-state index contributed by atoms with van der Waals surface area (Å²) in [4.78, 5) is 10.9. The summed E-state index contributed by atoms with van der Waals surface area (Å²) in [6.07, 6.45) is 1.79. The fraction of sp³-hybridized carbons (Fsp3) is 0.167. The third-order valence-electron chi connectivity index (χ3n) is 2.44. The van der Waals surface area contributed by atoms with Crippen molar-refractivity contribution in [3.05, 3.63) is 36.0 Å². The van der Waals surface area contributed by atoms with E-state index >= 15 is 0 Å². The van der Waals surface area contributed by atoms with Crippen LogP contribution in [-0.2, 0) is 7.05 Å². The number of carboxylic acids is 1. The number of methoxy groups -OCH3 is 1. The van der Waals surface area contributed by atoms with Gasteiger partial charge in [-0.15, -0.1) is 0 Å². The first kappa shape index (κ1) is 11.2. The van der Waals surface area contributed by atoms with Crippen molar-refractivity contribution in [3.8, 4) is 17.0 Å². The second-order valence-electron chi connectivity index (χ2n) is 3.59. The van der Waals surface area contributed by atoms with Crippen molar-refractivity contribution in [1.29, 1.82) is 0 Å². The number of hydrogen-bond donors (Lipinski definition) is 1. The second-order valence-corrected chi connectivity index (χ2v) is 3.59. The first-order valence-corrected chi connectivity index (χ1v) is 5.03. The Labute approximate surface area is 98.3 Å². The van der Waals surface area contributed by atoms with Gasteiger partial charge in [-0.05, 0) is 24.3 Å². The fourth-order valence-electron chi connectivity index (χ4n) is 1.60. The number of ether oxygens (including phenoxy) is 1. The molecular weight excluding hydrogens is 220 g/mol. The highest BCUT2D eigenvalue weighted by atomic mass is 16.5. The Morgan fingerprint density at radius 1 is 1.41 bits per heavy atom. The quantitative estimate of drug-likeness (QED) is 0.876. The fourth-order valence-corrected chi connectivity index (χ4v) is 1.60. The van der Waals surface area contributed by atoms with Gasteiger partial charge < -0.3 is 9.84 Å². The Morgan fingerprint density at radius 2 is 2.18 bits per heavy atom. The van der Waals surface area contributed by atoms with Crippen molar-refractivity contribution in [3.63, 3.8) is 0 Å². The van der Waals surface area contributed by atoms with Crippen LogP contribution in [0.3, 0.4) is 0 Å². The van der Waals surface area contributed by atoms with Crippen LogP contribution in [0.5, 0.6) is 5.75 Å². The number of aryl methyl sites for hydroxylation is 1. The first-order chi connectivity index (χ1) is 8.11. The van der Waals surface area contributed by atoms with E-state index in [4.69, 9.17) is 9.84 Å². The lowest BCUT2D eigenvalue weighted by molar-refractivity contribution is 0.0697. The number of carboxylic acid groups (broad SMARTS) is 1. The van der Waals surface area contributed by atoms with Gasteiger partial charge in [-0.2, -0.15) is 5.10 Å². The molecule has 0 bridgehead atoms. The largest absolute Gasteiger partial charge is 0.496 e. The van der Waals surface area contributed by atoms with Crippen molar-refractivity contribution in [2.45, 2.75) is 0 Å². The van der Waals surface area contributed by atoms with Gasteiger partial charge in [-0.3, -0.25) is 4.68 Å². The van der Waals surface area contributed by atoms with E-state index in [1.807, 2.05) is 6.07 Å². The van der Waals surface area contributed by atoms with Crippen LogP contribution in [0.15, 0.2) is 30.5 Å². The molecule has 88 valence electrons. The molecule has 0 aliphatic carbocycles. The molecule has 0 spiro atoms. The van der Waals surface area contributed by atoms with Gasteiger partial charge in [0.1, 0.15) is 5.75 Å². The average Bonchev–Trinajstić information content (AvgIpc) is 2.74. The van der Waals surface area contributed by atoms with E-state index in [1.165, 1.54) is 6.07 Å². The summed E-state index contributed by atoms with van der Waals surface area (Å²) in [6, 6.07) is 6.51. The number of hydrogen-bond acceptors (Lipinski definition) is 3. The lowest BCUT2D eigenvalue weighted by atomic mass is 10.1. The molecule has 0 amide bonds. The van der Waals surface area contributed by atoms with E-state index in [1.54, 1.807) is 37.2 Å². The molecule has 0 atom stereocenters. The SMILES string of the molecule is COc1ccc(C(=O)O)cc1-c1ccn(C)n1. The summed E-state index contributed by atoms with van der Waals surface area (Å²) in [7, 11) is 3.35. The average molecular weight is 232 g/mol. The zero-order valence-corrected chi connectivity index (χ0v) is 9.54. The van der Waals surface area contributed by atoms with Gasteiger partial charge in [-0.1, -0.05) is 0 Å². The molecule has 17 heavy (non-hydrogen) atoms. The van der Waals surface area contributed by atoms with Crippen molar-refractivity contribution < 1.29 is 14.6 Å². The molecule has 0 saturated carbocycles. The van der Waals surface area contributed by atoms with Gasteiger partial charge in [0.2, 0.25) is 0 Å². The van der Waals surface area contributed by atoms with E-state index in [2.05, 4.69) is 5.10 Å². The number of nitrogens with zero attached hydrogens (tertiary/aromatic N) is 2. The van der Waals surface area contributed by atoms with E-state index in [-0.39, 0.29) is 5.56 Å². The van der Waals surface area contributed by atoms with Gasteiger partial charge in [0, 0.05) is 18.8 Å². The standard InChI is InChI=1S/C12H12N2O3/c1-14-6-5-10(13-14)9-7-8(12(15)16)3-4-11(9)17-2/h3-7H,1-2H3,(H,15,16). The Balaban J connectivity index is 2.57. The molecule has 0 fully saturated rings. The molecule has 1 N–H and O–H groups in total. The van der Waals surface area contributed by atoms with Crippen LogP contribution in [0.2, 0.25) is 0 Å². The van der Waals surface area contributed by atoms with Crippen molar-refractivity contribution in [1.82, 2.24) is 9.78 Å².